The summed E-state index contributed by atoms with van der Waals surface area (Å²) in [5.41, 5.74) is 0.815. The van der Waals surface area contributed by atoms with Gasteiger partial charge in [-0.15, -0.1) is 0 Å². The lowest BCUT2D eigenvalue weighted by molar-refractivity contribution is 0.0937. The number of nitrogens with one attached hydrogen (secondary N) is 1. The molecule has 2 aliphatic rings. The molecule has 2 N–H and O–H groups in total. The summed E-state index contributed by atoms with van der Waals surface area (Å²) in [5.74, 6) is 0.233. The van der Waals surface area contributed by atoms with Crippen molar-refractivity contribution in [2.24, 2.45) is 0 Å². The number of carbonyl (C=O) groups is 1. The quantitative estimate of drug-likeness (QED) is 0.804. The number of carbonyl (C=O) groups excluding carboxylic acids is 1. The van der Waals surface area contributed by atoms with E-state index < -0.39 is 6.10 Å². The first-order valence-corrected chi connectivity index (χ1v) is 9.30. The summed E-state index contributed by atoms with van der Waals surface area (Å²) in [6, 6.07) is 7.36. The average molecular weight is 377 g/mol. The minimum absolute atomic E-state index is 0.0769. The van der Waals surface area contributed by atoms with Crippen LogP contribution in [0.5, 0.6) is 0 Å². The fourth-order valence-electron chi connectivity index (χ4n) is 3.28. The molecule has 1 aromatic carbocycles. The van der Waals surface area contributed by atoms with Crippen molar-refractivity contribution in [2.45, 2.75) is 43.9 Å². The second-order valence-electron chi connectivity index (χ2n) is 6.92. The van der Waals surface area contributed by atoms with Crippen molar-refractivity contribution >= 4 is 17.5 Å². The van der Waals surface area contributed by atoms with Gasteiger partial charge in [0.1, 0.15) is 0 Å². The molecule has 2 fully saturated rings. The fourth-order valence-corrected chi connectivity index (χ4v) is 3.40. The van der Waals surface area contributed by atoms with Crippen molar-refractivity contribution in [3.05, 3.63) is 46.6 Å². The Bertz CT molecular complexity index is 775. The van der Waals surface area contributed by atoms with Crippen LogP contribution in [0.3, 0.4) is 0 Å². The molecule has 1 saturated carbocycles. The molecule has 8 heteroatoms. The number of rotatable bonds is 6. The van der Waals surface area contributed by atoms with Crippen molar-refractivity contribution in [1.82, 2.24) is 20.4 Å². The molecule has 1 aliphatic carbocycles. The molecule has 2 heterocycles. The van der Waals surface area contributed by atoms with Crippen LogP contribution in [0.1, 0.15) is 59.9 Å². The number of likely N-dealkylation sites (tertiary alicyclic amines) is 1. The SMILES string of the molecule is O=C(NC1CC1)c1noc([C@@H]2CCCN2C[C@H](O)c2ccc(Cl)cc2)n1. The summed E-state index contributed by atoms with van der Waals surface area (Å²) < 4.78 is 5.34. The molecule has 26 heavy (non-hydrogen) atoms. The first kappa shape index (κ1) is 17.5. The van der Waals surface area contributed by atoms with E-state index in [-0.39, 0.29) is 23.8 Å². The number of aliphatic hydroxyl groups excluding tert-OH is 1. The van der Waals surface area contributed by atoms with Gasteiger partial charge >= 0.3 is 0 Å². The zero-order valence-electron chi connectivity index (χ0n) is 14.3. The highest BCUT2D eigenvalue weighted by atomic mass is 35.5. The molecule has 0 unspecified atom stereocenters. The van der Waals surface area contributed by atoms with Gasteiger partial charge in [0.2, 0.25) is 5.89 Å². The number of nitrogens with zero attached hydrogens (tertiary/aromatic N) is 3. The number of amides is 1. The molecular formula is C18H21ClN4O3. The number of halogens is 1. The van der Waals surface area contributed by atoms with Crippen LogP contribution >= 0.6 is 11.6 Å². The monoisotopic (exact) mass is 376 g/mol. The van der Waals surface area contributed by atoms with Gasteiger partial charge in [-0.1, -0.05) is 28.9 Å². The first-order valence-electron chi connectivity index (χ1n) is 8.92. The van der Waals surface area contributed by atoms with Crippen molar-refractivity contribution in [3.8, 4) is 0 Å². The lowest BCUT2D eigenvalue weighted by Gasteiger charge is -2.24. The molecule has 0 radical (unpaired) electrons. The van der Waals surface area contributed by atoms with Crippen LogP contribution in [0.25, 0.3) is 0 Å². The van der Waals surface area contributed by atoms with Crippen LogP contribution < -0.4 is 5.32 Å². The Morgan fingerprint density at radius 1 is 1.35 bits per heavy atom. The summed E-state index contributed by atoms with van der Waals surface area (Å²) in [6.07, 6.45) is 3.22. The van der Waals surface area contributed by atoms with E-state index >= 15 is 0 Å². The number of β-amino-alcohol motifs (C(OH)–C–C–N with tert-alkyl or cyclic N) is 1. The normalized spacial score (nSPS) is 21.7. The van der Waals surface area contributed by atoms with Gasteiger partial charge in [0.15, 0.2) is 0 Å². The van der Waals surface area contributed by atoms with Gasteiger partial charge in [-0.25, -0.2) is 0 Å². The topological polar surface area (TPSA) is 91.5 Å². The van der Waals surface area contributed by atoms with E-state index in [4.69, 9.17) is 16.1 Å². The van der Waals surface area contributed by atoms with Crippen molar-refractivity contribution in [2.75, 3.05) is 13.1 Å². The largest absolute Gasteiger partial charge is 0.387 e. The van der Waals surface area contributed by atoms with Gasteiger partial charge in [0.25, 0.3) is 11.7 Å². The number of hydrogen-bond acceptors (Lipinski definition) is 6. The van der Waals surface area contributed by atoms with Crippen LogP contribution in [0.4, 0.5) is 0 Å². The Kier molecular flexibility index (Phi) is 4.93. The van der Waals surface area contributed by atoms with E-state index in [1.807, 2.05) is 12.1 Å². The van der Waals surface area contributed by atoms with Gasteiger partial charge in [-0.2, -0.15) is 4.98 Å². The molecule has 4 rings (SSSR count). The molecule has 2 aromatic rings. The van der Waals surface area contributed by atoms with E-state index in [0.717, 1.165) is 37.8 Å². The van der Waals surface area contributed by atoms with Crippen molar-refractivity contribution in [3.63, 3.8) is 0 Å². The van der Waals surface area contributed by atoms with E-state index in [0.29, 0.717) is 17.5 Å². The van der Waals surface area contributed by atoms with Crippen LogP contribution in [-0.2, 0) is 0 Å². The van der Waals surface area contributed by atoms with Gasteiger partial charge in [-0.05, 0) is 49.9 Å². The fraction of sp³-hybridized carbons (Fsp3) is 0.500. The minimum atomic E-state index is -0.631. The van der Waals surface area contributed by atoms with Gasteiger partial charge in [-0.3, -0.25) is 9.69 Å². The molecule has 0 bridgehead atoms. The zero-order chi connectivity index (χ0) is 18.1. The molecule has 1 amide bonds. The van der Waals surface area contributed by atoms with Crippen LogP contribution in [-0.4, -0.2) is 45.2 Å². The number of benzene rings is 1. The molecule has 1 aromatic heterocycles. The number of hydrogen-bond donors (Lipinski definition) is 2. The maximum atomic E-state index is 12.0. The second kappa shape index (κ2) is 7.34. The number of aromatic nitrogens is 2. The molecule has 7 nitrogen and oxygen atoms in total. The average Bonchev–Trinajstić information content (AvgIpc) is 3.11. The third-order valence-electron chi connectivity index (χ3n) is 4.87. The summed E-state index contributed by atoms with van der Waals surface area (Å²) in [4.78, 5) is 18.4. The minimum Gasteiger partial charge on any atom is -0.387 e. The van der Waals surface area contributed by atoms with Crippen LogP contribution in [0.15, 0.2) is 28.8 Å². The lowest BCUT2D eigenvalue weighted by Crippen LogP contribution is -2.29. The predicted molar refractivity (Wildman–Crippen MR) is 94.7 cm³/mol. The summed E-state index contributed by atoms with van der Waals surface area (Å²) in [7, 11) is 0. The summed E-state index contributed by atoms with van der Waals surface area (Å²) in [6.45, 7) is 1.29. The Balaban J connectivity index is 1.42. The van der Waals surface area contributed by atoms with Gasteiger partial charge < -0.3 is 14.9 Å². The standard InChI is InChI=1S/C18H21ClN4O3/c19-12-5-3-11(4-6-12)15(24)10-23-9-1-2-14(23)18-21-16(22-26-18)17(25)20-13-7-8-13/h3-6,13-15,24H,1-2,7-10H2,(H,20,25)/t14-,15-/m0/s1. The van der Waals surface area contributed by atoms with E-state index in [2.05, 4.69) is 20.4 Å². The maximum absolute atomic E-state index is 12.0. The lowest BCUT2D eigenvalue weighted by atomic mass is 10.1. The third kappa shape index (κ3) is 3.90. The van der Waals surface area contributed by atoms with Crippen molar-refractivity contribution < 1.29 is 14.4 Å². The molecule has 0 spiro atoms. The van der Waals surface area contributed by atoms with Crippen molar-refractivity contribution in [1.29, 1.82) is 0 Å². The van der Waals surface area contributed by atoms with E-state index in [1.54, 1.807) is 12.1 Å². The molecular weight excluding hydrogens is 356 g/mol. The van der Waals surface area contributed by atoms with Gasteiger partial charge in [0.05, 0.1) is 12.1 Å². The third-order valence-corrected chi connectivity index (χ3v) is 5.12. The van der Waals surface area contributed by atoms with Crippen LogP contribution in [0.2, 0.25) is 5.02 Å². The zero-order valence-corrected chi connectivity index (χ0v) is 15.0. The molecule has 1 aliphatic heterocycles. The van der Waals surface area contributed by atoms with Crippen LogP contribution in [0, 0.1) is 0 Å². The Morgan fingerprint density at radius 2 is 2.12 bits per heavy atom. The smallest absolute Gasteiger partial charge is 0.292 e. The molecule has 2 atom stereocenters. The summed E-state index contributed by atoms with van der Waals surface area (Å²) >= 11 is 5.90. The summed E-state index contributed by atoms with van der Waals surface area (Å²) in [5, 5.41) is 17.8. The highest BCUT2D eigenvalue weighted by molar-refractivity contribution is 6.30. The highest BCUT2D eigenvalue weighted by Gasteiger charge is 2.33. The van der Waals surface area contributed by atoms with E-state index in [1.165, 1.54) is 0 Å². The maximum Gasteiger partial charge on any atom is 0.292 e. The second-order valence-corrected chi connectivity index (χ2v) is 7.36. The highest BCUT2D eigenvalue weighted by Crippen LogP contribution is 2.32. The Morgan fingerprint density at radius 3 is 2.85 bits per heavy atom. The predicted octanol–water partition coefficient (Wildman–Crippen LogP) is 2.49. The Hall–Kier alpha value is -1.96. The number of aliphatic hydroxyl groups is 1. The molecule has 138 valence electrons. The first-order chi connectivity index (χ1) is 12.6. The van der Waals surface area contributed by atoms with E-state index in [9.17, 15) is 9.90 Å². The van der Waals surface area contributed by atoms with Gasteiger partial charge in [0, 0.05) is 17.6 Å². The molecule has 1 saturated heterocycles. The Labute approximate surface area is 156 Å².